The minimum atomic E-state index is -5.23. The van der Waals surface area contributed by atoms with Gasteiger partial charge in [0, 0.05) is 6.20 Å². The van der Waals surface area contributed by atoms with Crippen LogP contribution in [0.15, 0.2) is 18.3 Å². The molecule has 23 heavy (non-hydrogen) atoms. The van der Waals surface area contributed by atoms with Gasteiger partial charge in [0.05, 0.1) is 11.6 Å². The first-order valence-corrected chi connectivity index (χ1v) is 7.08. The predicted molar refractivity (Wildman–Crippen MR) is 77.2 cm³/mol. The van der Waals surface area contributed by atoms with Gasteiger partial charge in [0.2, 0.25) is 5.91 Å². The maximum absolute atomic E-state index is 13.5. The van der Waals surface area contributed by atoms with Crippen LogP contribution in [0.25, 0.3) is 0 Å². The normalized spacial score (nSPS) is 13.8. The maximum atomic E-state index is 13.5. The zero-order valence-electron chi connectivity index (χ0n) is 11.7. The molecule has 1 amide bonds. The summed E-state index contributed by atoms with van der Waals surface area (Å²) in [6, 6.07) is 2.36. The Bertz CT molecular complexity index is 569. The topological polar surface area (TPSA) is 80.3 Å². The molecule has 0 spiro atoms. The van der Waals surface area contributed by atoms with Crippen LogP contribution in [-0.2, 0) is 14.3 Å². The van der Waals surface area contributed by atoms with Crippen LogP contribution in [0.2, 0.25) is 5.02 Å². The molecule has 0 aliphatic rings. The number of nitrogens with one attached hydrogen (secondary N) is 2. The van der Waals surface area contributed by atoms with Crippen molar-refractivity contribution in [3.63, 3.8) is 0 Å². The molecule has 1 aromatic rings. The zero-order chi connectivity index (χ0) is 17.7. The standard InChI is InChI=1S/C12H12Cl2F3N3O3/c1-2-23-10(22)11(12(15,16)17,20-9(21)5-13)19-8-4-3-7(14)6-18-8/h3-4,6H,2,5H2,1H3,(H,18,19)(H,20,21). The van der Waals surface area contributed by atoms with Crippen molar-refractivity contribution in [3.05, 3.63) is 23.4 Å². The summed E-state index contributed by atoms with van der Waals surface area (Å²) in [5.41, 5.74) is -3.53. The summed E-state index contributed by atoms with van der Waals surface area (Å²) in [6.07, 6.45) is -4.16. The highest BCUT2D eigenvalue weighted by Gasteiger charge is 2.63. The van der Waals surface area contributed by atoms with Gasteiger partial charge in [-0.15, -0.1) is 11.6 Å². The molecular formula is C12H12Cl2F3N3O3. The van der Waals surface area contributed by atoms with E-state index < -0.39 is 29.6 Å². The molecule has 0 aliphatic heterocycles. The number of pyridine rings is 1. The second-order valence-electron chi connectivity index (χ2n) is 4.14. The van der Waals surface area contributed by atoms with Crippen LogP contribution in [-0.4, -0.2) is 41.2 Å². The molecule has 0 radical (unpaired) electrons. The van der Waals surface area contributed by atoms with Crippen LogP contribution < -0.4 is 10.6 Å². The fraction of sp³-hybridized carbons (Fsp3) is 0.417. The highest BCUT2D eigenvalue weighted by molar-refractivity contribution is 6.30. The molecule has 11 heteroatoms. The van der Waals surface area contributed by atoms with Crippen LogP contribution >= 0.6 is 23.2 Å². The van der Waals surface area contributed by atoms with Crippen LogP contribution in [0.4, 0.5) is 19.0 Å². The number of amides is 1. The van der Waals surface area contributed by atoms with E-state index in [1.165, 1.54) is 18.3 Å². The smallest absolute Gasteiger partial charge is 0.441 e. The van der Waals surface area contributed by atoms with Crippen molar-refractivity contribution in [3.8, 4) is 0 Å². The second kappa shape index (κ2) is 7.69. The third-order valence-electron chi connectivity index (χ3n) is 2.50. The largest absolute Gasteiger partial charge is 0.463 e. The minimum absolute atomic E-state index is 0.175. The molecule has 1 aromatic heterocycles. The summed E-state index contributed by atoms with van der Waals surface area (Å²) in [5.74, 6) is -4.11. The summed E-state index contributed by atoms with van der Waals surface area (Å²) in [4.78, 5) is 26.9. The van der Waals surface area contributed by atoms with E-state index in [4.69, 9.17) is 23.2 Å². The van der Waals surface area contributed by atoms with Gasteiger partial charge >= 0.3 is 17.8 Å². The van der Waals surface area contributed by atoms with Gasteiger partial charge in [0.15, 0.2) is 0 Å². The third kappa shape index (κ3) is 4.61. The van der Waals surface area contributed by atoms with E-state index in [-0.39, 0.29) is 17.4 Å². The van der Waals surface area contributed by atoms with Gasteiger partial charge in [-0.05, 0) is 19.1 Å². The van der Waals surface area contributed by atoms with Crippen LogP contribution in [0.3, 0.4) is 0 Å². The highest BCUT2D eigenvalue weighted by Crippen LogP contribution is 2.33. The average Bonchev–Trinajstić information content (AvgIpc) is 2.47. The van der Waals surface area contributed by atoms with Crippen molar-refractivity contribution in [2.24, 2.45) is 0 Å². The number of anilines is 1. The Balaban J connectivity index is 3.32. The third-order valence-corrected chi connectivity index (χ3v) is 2.96. The van der Waals surface area contributed by atoms with Gasteiger partial charge in [-0.1, -0.05) is 11.6 Å². The molecule has 0 aliphatic carbocycles. The molecule has 0 bridgehead atoms. The number of hydrogen-bond donors (Lipinski definition) is 2. The number of ether oxygens (including phenoxy) is 1. The van der Waals surface area contributed by atoms with E-state index in [1.807, 2.05) is 5.32 Å². The summed E-state index contributed by atoms with van der Waals surface area (Å²) >= 11 is 10.8. The molecule has 2 N–H and O–H groups in total. The van der Waals surface area contributed by atoms with Gasteiger partial charge in [0.25, 0.3) is 0 Å². The zero-order valence-corrected chi connectivity index (χ0v) is 13.2. The molecule has 1 heterocycles. The number of hydrogen-bond acceptors (Lipinski definition) is 5. The van der Waals surface area contributed by atoms with Crippen molar-refractivity contribution in [1.29, 1.82) is 0 Å². The molecule has 0 saturated heterocycles. The second-order valence-corrected chi connectivity index (χ2v) is 4.84. The summed E-state index contributed by atoms with van der Waals surface area (Å²) in [5, 5.41) is 3.54. The molecule has 1 rings (SSSR count). The molecule has 0 fully saturated rings. The quantitative estimate of drug-likeness (QED) is 0.454. The number of halogens is 5. The van der Waals surface area contributed by atoms with E-state index in [0.717, 1.165) is 12.3 Å². The van der Waals surface area contributed by atoms with Gasteiger partial charge in [-0.3, -0.25) is 4.79 Å². The number of alkyl halides is 4. The Morgan fingerprint density at radius 1 is 1.35 bits per heavy atom. The maximum Gasteiger partial charge on any atom is 0.441 e. The number of carbonyl (C=O) groups excluding carboxylic acids is 2. The van der Waals surface area contributed by atoms with Gasteiger partial charge in [-0.2, -0.15) is 13.2 Å². The molecule has 0 aromatic carbocycles. The number of aromatic nitrogens is 1. The van der Waals surface area contributed by atoms with Gasteiger partial charge in [-0.25, -0.2) is 9.78 Å². The van der Waals surface area contributed by atoms with E-state index in [2.05, 4.69) is 9.72 Å². The fourth-order valence-electron chi connectivity index (χ4n) is 1.51. The summed E-state index contributed by atoms with van der Waals surface area (Å²) in [7, 11) is 0. The summed E-state index contributed by atoms with van der Waals surface area (Å²) in [6.45, 7) is 0.992. The highest BCUT2D eigenvalue weighted by atomic mass is 35.5. The van der Waals surface area contributed by atoms with Crippen LogP contribution in [0, 0.1) is 0 Å². The first kappa shape index (κ1) is 19.3. The molecule has 0 saturated carbocycles. The van der Waals surface area contributed by atoms with Crippen molar-refractivity contribution < 1.29 is 27.5 Å². The average molecular weight is 374 g/mol. The first-order chi connectivity index (χ1) is 10.7. The number of carbonyl (C=O) groups is 2. The van der Waals surface area contributed by atoms with Gasteiger partial charge in [0.1, 0.15) is 11.7 Å². The van der Waals surface area contributed by atoms with Crippen LogP contribution in [0.5, 0.6) is 0 Å². The Labute approximate surface area is 139 Å². The number of nitrogens with zero attached hydrogens (tertiary/aromatic N) is 1. The lowest BCUT2D eigenvalue weighted by Gasteiger charge is -2.34. The minimum Gasteiger partial charge on any atom is -0.463 e. The lowest BCUT2D eigenvalue weighted by atomic mass is 10.1. The van der Waals surface area contributed by atoms with Crippen LogP contribution in [0.1, 0.15) is 6.92 Å². The predicted octanol–water partition coefficient (Wildman–Crippen LogP) is 2.32. The van der Waals surface area contributed by atoms with Crippen molar-refractivity contribution in [1.82, 2.24) is 10.3 Å². The summed E-state index contributed by atoms with van der Waals surface area (Å²) < 4.78 is 45.0. The van der Waals surface area contributed by atoms with E-state index in [1.54, 1.807) is 0 Å². The van der Waals surface area contributed by atoms with Gasteiger partial charge < -0.3 is 15.4 Å². The lowest BCUT2D eigenvalue weighted by Crippen LogP contribution is -2.69. The lowest BCUT2D eigenvalue weighted by molar-refractivity contribution is -0.207. The molecule has 1 unspecified atom stereocenters. The Morgan fingerprint density at radius 3 is 2.43 bits per heavy atom. The van der Waals surface area contributed by atoms with E-state index in [9.17, 15) is 22.8 Å². The molecule has 128 valence electrons. The Morgan fingerprint density at radius 2 is 2.00 bits per heavy atom. The fourth-order valence-corrected chi connectivity index (χ4v) is 1.69. The first-order valence-electron chi connectivity index (χ1n) is 6.17. The molecule has 1 atom stereocenters. The van der Waals surface area contributed by atoms with Crippen molar-refractivity contribution >= 4 is 40.9 Å². The Hall–Kier alpha value is -1.74. The molecule has 6 nitrogen and oxygen atoms in total. The van der Waals surface area contributed by atoms with E-state index >= 15 is 0 Å². The van der Waals surface area contributed by atoms with Crippen molar-refractivity contribution in [2.75, 3.05) is 17.8 Å². The van der Waals surface area contributed by atoms with E-state index in [0.29, 0.717) is 0 Å². The number of esters is 1. The SMILES string of the molecule is CCOC(=O)C(NC(=O)CCl)(Nc1ccc(Cl)cn1)C(F)(F)F. The number of rotatable bonds is 6. The Kier molecular flexibility index (Phi) is 6.46. The monoisotopic (exact) mass is 373 g/mol. The molecular weight excluding hydrogens is 362 g/mol. The van der Waals surface area contributed by atoms with Crippen molar-refractivity contribution in [2.45, 2.75) is 18.8 Å².